The molecule has 1 aromatic heterocycles. The van der Waals surface area contributed by atoms with E-state index in [9.17, 15) is 8.42 Å². The van der Waals surface area contributed by atoms with Crippen LogP contribution in [0.2, 0.25) is 0 Å². The lowest BCUT2D eigenvalue weighted by atomic mass is 9.90. The number of nitrogens with two attached hydrogens (primary N) is 1. The number of aromatic nitrogens is 2. The van der Waals surface area contributed by atoms with E-state index in [1.807, 2.05) is 0 Å². The fourth-order valence-electron chi connectivity index (χ4n) is 2.28. The summed E-state index contributed by atoms with van der Waals surface area (Å²) < 4.78 is 24.6. The summed E-state index contributed by atoms with van der Waals surface area (Å²) in [6.45, 7) is 3.54. The predicted octanol–water partition coefficient (Wildman–Crippen LogP) is 0.683. The van der Waals surface area contributed by atoms with Gasteiger partial charge in [0.1, 0.15) is 5.82 Å². The average Bonchev–Trinajstić information content (AvgIpc) is 2.54. The van der Waals surface area contributed by atoms with Crippen LogP contribution in [0, 0.1) is 0 Å². The third kappa shape index (κ3) is 1.43. The van der Waals surface area contributed by atoms with E-state index in [1.54, 1.807) is 31.6 Å². The minimum atomic E-state index is -3.02. The second kappa shape index (κ2) is 3.23. The van der Waals surface area contributed by atoms with Crippen molar-refractivity contribution in [1.82, 2.24) is 9.78 Å². The Morgan fingerprint density at radius 1 is 1.56 bits per heavy atom. The van der Waals surface area contributed by atoms with Gasteiger partial charge in [-0.25, -0.2) is 8.42 Å². The Bertz CT molecular complexity index is 497. The van der Waals surface area contributed by atoms with Gasteiger partial charge in [-0.3, -0.25) is 4.68 Å². The van der Waals surface area contributed by atoms with Gasteiger partial charge in [0.05, 0.1) is 16.2 Å². The van der Waals surface area contributed by atoms with Crippen molar-refractivity contribution in [3.8, 4) is 0 Å². The first-order valence-electron chi connectivity index (χ1n) is 5.27. The van der Waals surface area contributed by atoms with Crippen LogP contribution in [0.3, 0.4) is 0 Å². The topological polar surface area (TPSA) is 78.0 Å². The summed E-state index contributed by atoms with van der Waals surface area (Å²) >= 11 is 0. The van der Waals surface area contributed by atoms with E-state index >= 15 is 0 Å². The van der Waals surface area contributed by atoms with E-state index in [-0.39, 0.29) is 11.7 Å². The Balaban J connectivity index is 2.45. The first-order chi connectivity index (χ1) is 7.25. The summed E-state index contributed by atoms with van der Waals surface area (Å²) in [7, 11) is -1.26. The van der Waals surface area contributed by atoms with Crippen LogP contribution in [-0.2, 0) is 16.9 Å². The van der Waals surface area contributed by atoms with Crippen molar-refractivity contribution in [2.24, 2.45) is 7.05 Å². The molecule has 5 nitrogen and oxygen atoms in total. The van der Waals surface area contributed by atoms with Crippen molar-refractivity contribution in [2.75, 3.05) is 11.5 Å². The molecule has 2 rings (SSSR count). The van der Waals surface area contributed by atoms with Crippen LogP contribution in [0.4, 0.5) is 5.82 Å². The summed E-state index contributed by atoms with van der Waals surface area (Å²) in [5, 5.41) is 4.28. The maximum atomic E-state index is 11.9. The fourth-order valence-corrected chi connectivity index (χ4v) is 4.02. The van der Waals surface area contributed by atoms with E-state index < -0.39 is 14.6 Å². The maximum Gasteiger partial charge on any atom is 0.156 e. The summed E-state index contributed by atoms with van der Waals surface area (Å²) in [6, 6.07) is 1.77. The Kier molecular flexibility index (Phi) is 2.31. The molecule has 1 fully saturated rings. The van der Waals surface area contributed by atoms with Gasteiger partial charge in [0.25, 0.3) is 0 Å². The molecular formula is C10H17N3O2S. The highest BCUT2D eigenvalue weighted by Gasteiger charge is 2.49. The summed E-state index contributed by atoms with van der Waals surface area (Å²) in [5.41, 5.74) is 6.50. The van der Waals surface area contributed by atoms with Crippen molar-refractivity contribution in [3.05, 3.63) is 11.8 Å². The Labute approximate surface area is 95.6 Å². The molecule has 1 saturated heterocycles. The normalized spacial score (nSPS) is 27.1. The summed E-state index contributed by atoms with van der Waals surface area (Å²) in [5.74, 6) is 0.748. The number of aryl methyl sites for hydroxylation is 1. The Hall–Kier alpha value is -1.04. The summed E-state index contributed by atoms with van der Waals surface area (Å²) in [6.07, 6.45) is 0.631. The zero-order valence-corrected chi connectivity index (χ0v) is 10.6. The Morgan fingerprint density at radius 3 is 2.56 bits per heavy atom. The molecule has 1 aliphatic heterocycles. The lowest BCUT2D eigenvalue weighted by molar-refractivity contribution is 0.506. The molecule has 1 aliphatic rings. The smallest absolute Gasteiger partial charge is 0.156 e. The lowest BCUT2D eigenvalue weighted by Gasteiger charge is -2.23. The molecule has 2 N–H and O–H groups in total. The van der Waals surface area contributed by atoms with Gasteiger partial charge in [-0.15, -0.1) is 0 Å². The van der Waals surface area contributed by atoms with Crippen LogP contribution in [0.1, 0.15) is 31.9 Å². The van der Waals surface area contributed by atoms with Crippen molar-refractivity contribution >= 4 is 15.7 Å². The first-order valence-corrected chi connectivity index (χ1v) is 6.92. The highest BCUT2D eigenvalue weighted by Crippen LogP contribution is 2.43. The third-order valence-corrected chi connectivity index (χ3v) is 6.27. The molecule has 1 unspecified atom stereocenters. The van der Waals surface area contributed by atoms with Crippen LogP contribution in [-0.4, -0.2) is 28.7 Å². The van der Waals surface area contributed by atoms with Gasteiger partial charge in [0, 0.05) is 19.0 Å². The van der Waals surface area contributed by atoms with Gasteiger partial charge < -0.3 is 5.73 Å². The van der Waals surface area contributed by atoms with E-state index in [0.29, 0.717) is 12.2 Å². The van der Waals surface area contributed by atoms with Crippen LogP contribution >= 0.6 is 0 Å². The van der Waals surface area contributed by atoms with E-state index in [2.05, 4.69) is 5.10 Å². The van der Waals surface area contributed by atoms with Crippen molar-refractivity contribution in [1.29, 1.82) is 0 Å². The zero-order chi connectivity index (χ0) is 12.1. The van der Waals surface area contributed by atoms with Gasteiger partial charge in [-0.2, -0.15) is 5.10 Å². The van der Waals surface area contributed by atoms with Crippen molar-refractivity contribution in [3.63, 3.8) is 0 Å². The van der Waals surface area contributed by atoms with Gasteiger partial charge in [-0.1, -0.05) is 0 Å². The predicted molar refractivity (Wildman–Crippen MR) is 62.8 cm³/mol. The third-order valence-electron chi connectivity index (χ3n) is 3.61. The number of anilines is 1. The molecule has 90 valence electrons. The molecule has 0 radical (unpaired) electrons. The molecule has 0 saturated carbocycles. The molecule has 1 atom stereocenters. The van der Waals surface area contributed by atoms with E-state index in [1.165, 1.54) is 0 Å². The van der Waals surface area contributed by atoms with Gasteiger partial charge >= 0.3 is 0 Å². The number of hydrogen-bond donors (Lipinski definition) is 1. The van der Waals surface area contributed by atoms with Crippen molar-refractivity contribution < 1.29 is 8.42 Å². The fraction of sp³-hybridized carbons (Fsp3) is 0.700. The number of nitrogens with zero attached hydrogens (tertiary/aromatic N) is 2. The standard InChI is InChI=1S/C10H17N3O2S/c1-10(2)7(4-5-16(10,14)15)8-6-9(11)13(3)12-8/h6-7H,4-5,11H2,1-3H3. The van der Waals surface area contributed by atoms with Gasteiger partial charge in [-0.05, 0) is 20.3 Å². The van der Waals surface area contributed by atoms with Crippen LogP contribution in [0.5, 0.6) is 0 Å². The number of hydrogen-bond acceptors (Lipinski definition) is 4. The molecule has 16 heavy (non-hydrogen) atoms. The van der Waals surface area contributed by atoms with E-state index in [4.69, 9.17) is 5.73 Å². The highest BCUT2D eigenvalue weighted by atomic mass is 32.2. The molecule has 0 spiro atoms. The number of rotatable bonds is 1. The van der Waals surface area contributed by atoms with Crippen LogP contribution < -0.4 is 5.73 Å². The van der Waals surface area contributed by atoms with Crippen LogP contribution in [0.15, 0.2) is 6.07 Å². The molecule has 0 amide bonds. The first kappa shape index (κ1) is 11.4. The largest absolute Gasteiger partial charge is 0.384 e. The Morgan fingerprint density at radius 2 is 2.19 bits per heavy atom. The second-order valence-electron chi connectivity index (χ2n) is 4.88. The summed E-state index contributed by atoms with van der Waals surface area (Å²) in [4.78, 5) is 0. The van der Waals surface area contributed by atoms with Gasteiger partial charge in [0.15, 0.2) is 9.84 Å². The molecule has 0 aliphatic carbocycles. The second-order valence-corrected chi connectivity index (χ2v) is 7.57. The molecule has 0 bridgehead atoms. The highest BCUT2D eigenvalue weighted by molar-refractivity contribution is 7.93. The molecular weight excluding hydrogens is 226 g/mol. The zero-order valence-electron chi connectivity index (χ0n) is 9.77. The SMILES string of the molecule is Cn1nc(C2CCS(=O)(=O)C2(C)C)cc1N. The van der Waals surface area contributed by atoms with Crippen LogP contribution in [0.25, 0.3) is 0 Å². The molecule has 2 heterocycles. The van der Waals surface area contributed by atoms with E-state index in [0.717, 1.165) is 5.69 Å². The minimum Gasteiger partial charge on any atom is -0.384 e. The quantitative estimate of drug-likeness (QED) is 0.787. The lowest BCUT2D eigenvalue weighted by Crippen LogP contribution is -2.32. The molecule has 1 aromatic rings. The van der Waals surface area contributed by atoms with Crippen molar-refractivity contribution in [2.45, 2.75) is 30.9 Å². The average molecular weight is 243 g/mol. The monoisotopic (exact) mass is 243 g/mol. The maximum absolute atomic E-state index is 11.9. The van der Waals surface area contributed by atoms with Gasteiger partial charge in [0.2, 0.25) is 0 Å². The number of nitrogen functional groups attached to an aromatic ring is 1. The number of sulfone groups is 1. The molecule has 0 aromatic carbocycles. The minimum absolute atomic E-state index is 0.0546. The molecule has 6 heteroatoms.